The van der Waals surface area contributed by atoms with Gasteiger partial charge in [0.05, 0.1) is 35.3 Å². The van der Waals surface area contributed by atoms with Crippen molar-refractivity contribution in [1.82, 2.24) is 20.1 Å². The van der Waals surface area contributed by atoms with Crippen molar-refractivity contribution in [1.29, 1.82) is 5.26 Å². The van der Waals surface area contributed by atoms with Gasteiger partial charge in [-0.3, -0.25) is 4.79 Å². The number of halogens is 2. The molecule has 0 saturated carbocycles. The van der Waals surface area contributed by atoms with Gasteiger partial charge in [0, 0.05) is 40.1 Å². The molecular weight excluding hydrogens is 622 g/mol. The van der Waals surface area contributed by atoms with Crippen LogP contribution in [0.2, 0.25) is 0 Å². The Bertz CT molecular complexity index is 1910. The van der Waals surface area contributed by atoms with Gasteiger partial charge in [0.1, 0.15) is 29.5 Å². The van der Waals surface area contributed by atoms with Gasteiger partial charge in [0.25, 0.3) is 6.33 Å². The molecular formula is C35H35F2N6O3S+. The summed E-state index contributed by atoms with van der Waals surface area (Å²) in [5, 5.41) is 31.2. The maximum absolute atomic E-state index is 15.3. The Kier molecular flexibility index (Phi) is 10.2. The number of aliphatic hydroxyl groups is 1. The van der Waals surface area contributed by atoms with Crippen LogP contribution >= 0.6 is 11.3 Å². The molecule has 0 aliphatic rings. The van der Waals surface area contributed by atoms with Gasteiger partial charge in [0.15, 0.2) is 0 Å². The number of hydrogen-bond acceptors (Lipinski definition) is 8. The maximum atomic E-state index is 15.3. The lowest BCUT2D eigenvalue weighted by Gasteiger charge is -2.32. The number of benzene rings is 3. The molecule has 0 radical (unpaired) electrons. The molecule has 5 rings (SSSR count). The van der Waals surface area contributed by atoms with E-state index in [9.17, 15) is 14.3 Å². The van der Waals surface area contributed by atoms with E-state index in [1.807, 2.05) is 35.9 Å². The van der Waals surface area contributed by atoms with Crippen LogP contribution in [-0.2, 0) is 23.5 Å². The number of carbonyl (C=O) groups is 1. The third kappa shape index (κ3) is 7.60. The zero-order chi connectivity index (χ0) is 33.7. The second kappa shape index (κ2) is 14.3. The number of thiazole rings is 1. The van der Waals surface area contributed by atoms with E-state index in [4.69, 9.17) is 15.0 Å². The molecule has 3 aromatic carbocycles. The smallest absolute Gasteiger partial charge is 0.312 e. The number of rotatable bonds is 12. The van der Waals surface area contributed by atoms with Gasteiger partial charge in [-0.1, -0.05) is 25.1 Å². The molecule has 0 aliphatic carbocycles. The topological polar surface area (TPSA) is 117 Å². The summed E-state index contributed by atoms with van der Waals surface area (Å²) in [4.78, 5) is 16.9. The van der Waals surface area contributed by atoms with E-state index < -0.39 is 23.2 Å². The number of hydrogen-bond donors (Lipinski definition) is 2. The number of aromatic nitrogens is 4. The van der Waals surface area contributed by atoms with Crippen LogP contribution in [0.1, 0.15) is 52.1 Å². The van der Waals surface area contributed by atoms with Crippen LogP contribution in [0, 0.1) is 36.8 Å². The summed E-state index contributed by atoms with van der Waals surface area (Å²) in [6.07, 6.45) is 3.58. The van der Waals surface area contributed by atoms with Crippen LogP contribution < -0.4 is 14.6 Å². The number of nitrogens with zero attached hydrogens (tertiary/aromatic N) is 5. The highest BCUT2D eigenvalue weighted by atomic mass is 32.1. The molecule has 2 atom stereocenters. The second-order valence-corrected chi connectivity index (χ2v) is 12.4. The summed E-state index contributed by atoms with van der Waals surface area (Å²) in [6.45, 7) is 6.34. The first kappa shape index (κ1) is 33.5. The fourth-order valence-electron chi connectivity index (χ4n) is 5.50. The number of esters is 1. The average molecular weight is 658 g/mol. The predicted molar refractivity (Wildman–Crippen MR) is 173 cm³/mol. The first-order valence-corrected chi connectivity index (χ1v) is 15.9. The zero-order valence-corrected chi connectivity index (χ0v) is 27.3. The quantitative estimate of drug-likeness (QED) is 0.106. The first-order valence-electron chi connectivity index (χ1n) is 15.0. The van der Waals surface area contributed by atoms with Crippen molar-refractivity contribution in [3.8, 4) is 23.1 Å². The Morgan fingerprint density at radius 2 is 1.89 bits per heavy atom. The van der Waals surface area contributed by atoms with E-state index in [1.165, 1.54) is 22.1 Å². The van der Waals surface area contributed by atoms with E-state index in [0.717, 1.165) is 34.4 Å². The van der Waals surface area contributed by atoms with E-state index in [1.54, 1.807) is 50.9 Å². The molecule has 2 aromatic heterocycles. The summed E-state index contributed by atoms with van der Waals surface area (Å²) in [7, 11) is 1.77. The minimum atomic E-state index is -1.85. The first-order chi connectivity index (χ1) is 22.5. The monoisotopic (exact) mass is 657 g/mol. The number of nitrogens with one attached hydrogen (secondary N) is 1. The molecule has 9 nitrogen and oxygen atoms in total. The Morgan fingerprint density at radius 3 is 2.55 bits per heavy atom. The van der Waals surface area contributed by atoms with Crippen LogP contribution in [0.15, 0.2) is 72.6 Å². The Morgan fingerprint density at radius 1 is 1.17 bits per heavy atom. The lowest BCUT2D eigenvalue weighted by atomic mass is 9.82. The molecule has 47 heavy (non-hydrogen) atoms. The van der Waals surface area contributed by atoms with Crippen molar-refractivity contribution in [2.24, 2.45) is 0 Å². The molecule has 0 unspecified atom stereocenters. The van der Waals surface area contributed by atoms with Crippen LogP contribution in [-0.4, -0.2) is 39.4 Å². The molecule has 0 spiro atoms. The van der Waals surface area contributed by atoms with Gasteiger partial charge in [-0.25, -0.2) is 18.3 Å². The zero-order valence-electron chi connectivity index (χ0n) is 26.5. The number of carbonyl (C=O) groups excluding carboxylic acids is 1. The minimum Gasteiger partial charge on any atom is -0.426 e. The number of aryl methyl sites for hydroxylation is 2. The van der Waals surface area contributed by atoms with Crippen molar-refractivity contribution in [2.75, 3.05) is 13.6 Å². The molecule has 242 valence electrons. The molecule has 2 heterocycles. The minimum absolute atomic E-state index is 0.0744. The van der Waals surface area contributed by atoms with Crippen molar-refractivity contribution >= 4 is 17.3 Å². The van der Waals surface area contributed by atoms with Crippen LogP contribution in [0.4, 0.5) is 8.78 Å². The van der Waals surface area contributed by atoms with Gasteiger partial charge in [0.2, 0.25) is 6.33 Å². The van der Waals surface area contributed by atoms with Crippen molar-refractivity contribution < 1.29 is 28.0 Å². The van der Waals surface area contributed by atoms with Crippen LogP contribution in [0.5, 0.6) is 5.75 Å². The SMILES string of the molecule is CNCCC(=O)Oc1c(C)cc(C[n+]2cnn(C[C@](O)(c3ccc(F)cc3F)[C@@H](C)c3nc(-c4ccc(C#N)cc4)cs3)c2)cc1C. The van der Waals surface area contributed by atoms with Gasteiger partial charge in [-0.2, -0.15) is 5.26 Å². The Balaban J connectivity index is 1.40. The molecule has 0 fully saturated rings. The molecule has 5 aromatic rings. The van der Waals surface area contributed by atoms with Gasteiger partial charge in [-0.05, 0) is 67.9 Å². The highest BCUT2D eigenvalue weighted by Crippen LogP contribution is 2.41. The number of nitriles is 1. The summed E-state index contributed by atoms with van der Waals surface area (Å²) < 4.78 is 38.2. The van der Waals surface area contributed by atoms with E-state index >= 15 is 4.39 Å². The number of ether oxygens (including phenoxy) is 1. The Labute approximate surface area is 275 Å². The normalized spacial score (nSPS) is 13.1. The molecule has 0 saturated heterocycles. The van der Waals surface area contributed by atoms with Crippen LogP contribution in [0.3, 0.4) is 0 Å². The highest BCUT2D eigenvalue weighted by Gasteiger charge is 2.43. The van der Waals surface area contributed by atoms with Crippen molar-refractivity contribution in [2.45, 2.75) is 51.8 Å². The van der Waals surface area contributed by atoms with Crippen molar-refractivity contribution in [3.05, 3.63) is 117 Å². The third-order valence-corrected chi connectivity index (χ3v) is 9.06. The maximum Gasteiger partial charge on any atom is 0.312 e. The second-order valence-electron chi connectivity index (χ2n) is 11.5. The summed E-state index contributed by atoms with van der Waals surface area (Å²) in [5.74, 6) is -2.11. The van der Waals surface area contributed by atoms with E-state index in [0.29, 0.717) is 35.1 Å². The van der Waals surface area contributed by atoms with E-state index in [2.05, 4.69) is 16.5 Å². The summed E-state index contributed by atoms with van der Waals surface area (Å²) in [5.41, 5.74) is 2.65. The lowest BCUT2D eigenvalue weighted by molar-refractivity contribution is -0.689. The highest BCUT2D eigenvalue weighted by molar-refractivity contribution is 7.10. The molecule has 0 bridgehead atoms. The fourth-order valence-corrected chi connectivity index (χ4v) is 6.47. The lowest BCUT2D eigenvalue weighted by Crippen LogP contribution is -2.39. The predicted octanol–water partition coefficient (Wildman–Crippen LogP) is 5.32. The molecule has 12 heteroatoms. The Hall–Kier alpha value is -4.83. The van der Waals surface area contributed by atoms with Gasteiger partial charge >= 0.3 is 5.97 Å². The molecule has 0 aliphatic heterocycles. The summed E-state index contributed by atoms with van der Waals surface area (Å²) in [6, 6.07) is 16.1. The van der Waals surface area contributed by atoms with Gasteiger partial charge < -0.3 is 15.2 Å². The largest absolute Gasteiger partial charge is 0.426 e. The van der Waals surface area contributed by atoms with Gasteiger partial charge in [-0.15, -0.1) is 16.0 Å². The standard InChI is InChI=1S/C35H35F2N6O3S/c1-22-13-26(14-23(2)33(22)46-32(44)11-12-39-4)17-42-20-40-43(21-42)19-35(45,29-10-9-28(36)15-30(29)37)24(3)34-41-31(18-47-34)27-7-5-25(16-38)6-8-27/h5-10,13-15,18,20-21,24,39,45H,11-12,17,19H2,1-4H3/q+1/t24-,35+/m0/s1. The van der Waals surface area contributed by atoms with Crippen LogP contribution in [0.25, 0.3) is 11.3 Å². The third-order valence-electron chi connectivity index (χ3n) is 8.03. The van der Waals surface area contributed by atoms with E-state index in [-0.39, 0.29) is 24.5 Å². The molecule has 2 N–H and O–H groups in total. The average Bonchev–Trinajstić information content (AvgIpc) is 3.71. The molecule has 0 amide bonds. The summed E-state index contributed by atoms with van der Waals surface area (Å²) >= 11 is 1.32. The fraction of sp³-hybridized carbons (Fsp3) is 0.286. The van der Waals surface area contributed by atoms with Crippen molar-refractivity contribution in [3.63, 3.8) is 0 Å².